The summed E-state index contributed by atoms with van der Waals surface area (Å²) in [7, 11) is 1.57. The second-order valence-electron chi connectivity index (χ2n) is 9.10. The highest BCUT2D eigenvalue weighted by atomic mass is 35.5. The highest BCUT2D eigenvalue weighted by Crippen LogP contribution is 2.33. The number of hydrogen-bond acceptors (Lipinski definition) is 6. The van der Waals surface area contributed by atoms with E-state index in [9.17, 15) is 19.2 Å². The number of primary amides is 1. The number of carbonyl (C=O) groups is 4. The van der Waals surface area contributed by atoms with Crippen molar-refractivity contribution < 1.29 is 29.6 Å². The fraction of sp³-hybridized carbons (Fsp3) is 0.259. The Hall–Kier alpha value is -4.35. The molecule has 202 valence electrons. The first-order valence-electron chi connectivity index (χ1n) is 12.3. The Morgan fingerprint density at radius 2 is 1.90 bits per heavy atom. The topological polar surface area (TPSA) is 149 Å². The maximum atomic E-state index is 13.7. The smallest absolute Gasteiger partial charge is 0.435 e. The molecule has 2 aromatic heterocycles. The number of aromatic nitrogens is 2. The molecule has 3 atom stereocenters. The molecule has 11 nitrogen and oxygen atoms in total. The van der Waals surface area contributed by atoms with Crippen LogP contribution < -0.4 is 15.5 Å². The zero-order valence-electron chi connectivity index (χ0n) is 21.3. The quantitative estimate of drug-likeness (QED) is 0.364. The number of pyridine rings is 2. The Morgan fingerprint density at radius 3 is 2.56 bits per heavy atom. The van der Waals surface area contributed by atoms with Gasteiger partial charge in [0.2, 0.25) is 11.7 Å². The SMILES string of the molecule is CCC(NC(=O)N1C(=O)C(Cc2ccnc([NH2+]C(=O)O)c2)C1C(=O)N(C)c1ccncc1)c1cccc(Cl)c1. The number of likely N-dealkylation sites (N-methyl/N-ethyl adjacent to an activating group) is 1. The molecule has 4 N–H and O–H groups in total. The number of nitrogens with two attached hydrogens (primary N) is 1. The number of carbonyl (C=O) groups excluding carboxylic acids is 3. The number of anilines is 1. The van der Waals surface area contributed by atoms with Crippen molar-refractivity contribution in [3.05, 3.63) is 83.3 Å². The third-order valence-corrected chi connectivity index (χ3v) is 6.83. The molecule has 5 amide bonds. The molecule has 1 fully saturated rings. The van der Waals surface area contributed by atoms with Crippen LogP contribution in [-0.2, 0) is 16.0 Å². The first kappa shape index (κ1) is 27.7. The molecule has 0 saturated carbocycles. The van der Waals surface area contributed by atoms with Crippen LogP contribution in [0.3, 0.4) is 0 Å². The average molecular weight is 552 g/mol. The third kappa shape index (κ3) is 6.21. The summed E-state index contributed by atoms with van der Waals surface area (Å²) in [5.41, 5.74) is 1.95. The van der Waals surface area contributed by atoms with Crippen molar-refractivity contribution in [1.82, 2.24) is 20.2 Å². The number of β-lactam (4-membered cyclic amide) rings is 1. The van der Waals surface area contributed by atoms with Crippen LogP contribution in [0.5, 0.6) is 0 Å². The van der Waals surface area contributed by atoms with Gasteiger partial charge in [-0.2, -0.15) is 10.1 Å². The molecular weight excluding hydrogens is 524 g/mol. The summed E-state index contributed by atoms with van der Waals surface area (Å²) in [6.45, 7) is 1.89. The van der Waals surface area contributed by atoms with Gasteiger partial charge >= 0.3 is 12.1 Å². The van der Waals surface area contributed by atoms with Crippen molar-refractivity contribution >= 4 is 47.0 Å². The first-order valence-corrected chi connectivity index (χ1v) is 12.7. The molecule has 39 heavy (non-hydrogen) atoms. The third-order valence-electron chi connectivity index (χ3n) is 6.60. The Kier molecular flexibility index (Phi) is 8.52. The lowest BCUT2D eigenvalue weighted by Gasteiger charge is -2.46. The van der Waals surface area contributed by atoms with Gasteiger partial charge in [0.25, 0.3) is 5.91 Å². The summed E-state index contributed by atoms with van der Waals surface area (Å²) >= 11 is 6.13. The van der Waals surface area contributed by atoms with Gasteiger partial charge in [0.05, 0.1) is 12.0 Å². The van der Waals surface area contributed by atoms with Crippen molar-refractivity contribution in [1.29, 1.82) is 0 Å². The summed E-state index contributed by atoms with van der Waals surface area (Å²) < 4.78 is 0. The molecule has 0 aliphatic carbocycles. The number of benzene rings is 1. The molecule has 0 spiro atoms. The minimum Gasteiger partial charge on any atom is -0.435 e. The summed E-state index contributed by atoms with van der Waals surface area (Å²) in [6, 6.07) is 11.4. The van der Waals surface area contributed by atoms with Crippen LogP contribution in [0.4, 0.5) is 21.1 Å². The fourth-order valence-electron chi connectivity index (χ4n) is 4.59. The van der Waals surface area contributed by atoms with E-state index in [1.165, 1.54) is 11.1 Å². The maximum absolute atomic E-state index is 13.7. The minimum atomic E-state index is -1.15. The van der Waals surface area contributed by atoms with Gasteiger partial charge in [-0.25, -0.2) is 9.78 Å². The van der Waals surface area contributed by atoms with Gasteiger partial charge in [0, 0.05) is 42.4 Å². The Labute approximate surface area is 229 Å². The second-order valence-corrected chi connectivity index (χ2v) is 9.54. The number of urea groups is 1. The maximum Gasteiger partial charge on any atom is 0.516 e. The van der Waals surface area contributed by atoms with Crippen molar-refractivity contribution in [2.45, 2.75) is 31.8 Å². The van der Waals surface area contributed by atoms with E-state index in [0.29, 0.717) is 22.7 Å². The van der Waals surface area contributed by atoms with Gasteiger partial charge in [-0.1, -0.05) is 30.7 Å². The molecule has 3 heterocycles. The van der Waals surface area contributed by atoms with E-state index in [-0.39, 0.29) is 12.2 Å². The van der Waals surface area contributed by atoms with Crippen LogP contribution in [0.1, 0.15) is 30.5 Å². The highest BCUT2D eigenvalue weighted by molar-refractivity contribution is 6.30. The number of rotatable bonds is 8. The normalized spacial score (nSPS) is 17.2. The number of quaternary nitrogens is 1. The van der Waals surface area contributed by atoms with E-state index < -0.39 is 41.9 Å². The predicted molar refractivity (Wildman–Crippen MR) is 142 cm³/mol. The van der Waals surface area contributed by atoms with Crippen molar-refractivity contribution in [3.8, 4) is 0 Å². The van der Waals surface area contributed by atoms with E-state index in [1.54, 1.807) is 61.9 Å². The van der Waals surface area contributed by atoms with Crippen LogP contribution >= 0.6 is 11.6 Å². The zero-order valence-corrected chi connectivity index (χ0v) is 22.1. The van der Waals surface area contributed by atoms with E-state index in [4.69, 9.17) is 16.7 Å². The van der Waals surface area contributed by atoms with Crippen molar-refractivity contribution in [3.63, 3.8) is 0 Å². The molecule has 1 saturated heterocycles. The summed E-state index contributed by atoms with van der Waals surface area (Å²) in [6.07, 6.45) is 4.03. The van der Waals surface area contributed by atoms with Gasteiger partial charge in [0.15, 0.2) is 0 Å². The van der Waals surface area contributed by atoms with E-state index in [2.05, 4.69) is 15.3 Å². The molecular formula is C27H28ClN6O5+. The Morgan fingerprint density at radius 1 is 1.15 bits per heavy atom. The first-order chi connectivity index (χ1) is 18.7. The van der Waals surface area contributed by atoms with Gasteiger partial charge in [-0.3, -0.25) is 19.5 Å². The molecule has 0 bridgehead atoms. The van der Waals surface area contributed by atoms with Crippen molar-refractivity contribution in [2.24, 2.45) is 5.92 Å². The standard InChI is InChI=1S/C27H27ClN6O5/c1-3-21(17-5-4-6-18(28)15-17)31-26(37)34-23(25(36)33(2)19-8-10-29-11-9-19)20(24(34)35)13-16-7-12-30-22(14-16)32-27(38)39/h4-12,14-15,20-21,23H,3,13H2,1-2H3,(H,30,32)(H,31,37)(H,38,39)/p+1. The number of nitrogens with one attached hydrogen (secondary N) is 1. The number of likely N-dealkylation sites (tertiary alicyclic amines) is 1. The molecule has 12 heteroatoms. The van der Waals surface area contributed by atoms with Crippen molar-refractivity contribution in [2.75, 3.05) is 11.9 Å². The van der Waals surface area contributed by atoms with Gasteiger partial charge < -0.3 is 15.3 Å². The minimum absolute atomic E-state index is 0.123. The number of carboxylic acid groups (broad SMARTS) is 1. The number of halogens is 1. The molecule has 1 aromatic carbocycles. The van der Waals surface area contributed by atoms with Gasteiger partial charge in [-0.05, 0) is 54.3 Å². The van der Waals surface area contributed by atoms with E-state index in [0.717, 1.165) is 15.8 Å². The molecule has 3 aromatic rings. The molecule has 4 rings (SSSR count). The van der Waals surface area contributed by atoms with Crippen LogP contribution in [0.15, 0.2) is 67.1 Å². The zero-order chi connectivity index (χ0) is 28.1. The number of imide groups is 1. The van der Waals surface area contributed by atoms with E-state index in [1.807, 2.05) is 13.0 Å². The van der Waals surface area contributed by atoms with Gasteiger partial charge in [-0.15, -0.1) is 0 Å². The number of nitrogens with zero attached hydrogens (tertiary/aromatic N) is 4. The molecule has 1 aliphatic rings. The average Bonchev–Trinajstić information content (AvgIpc) is 2.92. The second kappa shape index (κ2) is 12.0. The lowest BCUT2D eigenvalue weighted by Crippen LogP contribution is -2.82. The fourth-order valence-corrected chi connectivity index (χ4v) is 4.79. The molecule has 1 aliphatic heterocycles. The molecule has 0 radical (unpaired) electrons. The van der Waals surface area contributed by atoms with Crippen LogP contribution in [0.2, 0.25) is 5.02 Å². The van der Waals surface area contributed by atoms with E-state index >= 15 is 0 Å². The lowest BCUT2D eigenvalue weighted by molar-refractivity contribution is -0.484. The van der Waals surface area contributed by atoms with Crippen LogP contribution in [0, 0.1) is 5.92 Å². The molecule has 3 unspecified atom stereocenters. The monoisotopic (exact) mass is 551 g/mol. The summed E-state index contributed by atoms with van der Waals surface area (Å²) in [5, 5.41) is 13.4. The summed E-state index contributed by atoms with van der Waals surface area (Å²) in [4.78, 5) is 61.8. The lowest BCUT2D eigenvalue weighted by atomic mass is 9.81. The van der Waals surface area contributed by atoms with Crippen LogP contribution in [-0.4, -0.2) is 57.0 Å². The highest BCUT2D eigenvalue weighted by Gasteiger charge is 2.55. The number of hydrogen-bond donors (Lipinski definition) is 3. The Bertz CT molecular complexity index is 1390. The predicted octanol–water partition coefficient (Wildman–Crippen LogP) is 2.90. The van der Waals surface area contributed by atoms with Crippen LogP contribution in [0.25, 0.3) is 0 Å². The summed E-state index contributed by atoms with van der Waals surface area (Å²) in [5.74, 6) is -1.57. The number of amides is 5. The Balaban J connectivity index is 1.60. The van der Waals surface area contributed by atoms with Gasteiger partial charge in [0.1, 0.15) is 6.04 Å². The largest absolute Gasteiger partial charge is 0.516 e.